The van der Waals surface area contributed by atoms with E-state index in [4.69, 9.17) is 5.73 Å². The molecule has 3 aromatic rings. The molecular weight excluding hydrogens is 466 g/mol. The number of nitrogens with one attached hydrogen (secondary N) is 3. The molecule has 0 saturated carbocycles. The molecule has 0 spiro atoms. The number of aryl methyl sites for hydroxylation is 2. The van der Waals surface area contributed by atoms with Crippen LogP contribution in [-0.2, 0) is 24.9 Å². The third kappa shape index (κ3) is 5.46. The van der Waals surface area contributed by atoms with Crippen molar-refractivity contribution in [1.82, 2.24) is 20.4 Å². The molecular formula is C28H35N7O2. The van der Waals surface area contributed by atoms with Gasteiger partial charge in [-0.2, -0.15) is 5.10 Å². The first-order chi connectivity index (χ1) is 17.9. The van der Waals surface area contributed by atoms with Crippen LogP contribution in [0.1, 0.15) is 52.7 Å². The minimum atomic E-state index is -0.0976. The zero-order valence-electron chi connectivity index (χ0n) is 21.5. The monoisotopic (exact) mass is 501 g/mol. The molecule has 2 aliphatic rings. The first kappa shape index (κ1) is 24.8. The minimum Gasteiger partial charge on any atom is -0.399 e. The maximum Gasteiger partial charge on any atom is 0.258 e. The first-order valence-electron chi connectivity index (χ1n) is 13.0. The highest BCUT2D eigenvalue weighted by molar-refractivity contribution is 6.09. The lowest BCUT2D eigenvalue weighted by molar-refractivity contribution is -0.121. The number of anilines is 4. The van der Waals surface area contributed by atoms with Crippen LogP contribution in [0.15, 0.2) is 42.6 Å². The van der Waals surface area contributed by atoms with Crippen molar-refractivity contribution in [3.8, 4) is 0 Å². The number of piperidine rings is 1. The van der Waals surface area contributed by atoms with Crippen LogP contribution in [0.3, 0.4) is 0 Å². The number of hydrogen-bond donors (Lipinski definition) is 4. The summed E-state index contributed by atoms with van der Waals surface area (Å²) in [6.07, 6.45) is 5.57. The average Bonchev–Trinajstić information content (AvgIpc) is 3.14. The van der Waals surface area contributed by atoms with E-state index in [1.54, 1.807) is 21.8 Å². The Kier molecular flexibility index (Phi) is 7.14. The molecule has 0 radical (unpaired) electrons. The Morgan fingerprint density at radius 1 is 1.16 bits per heavy atom. The van der Waals surface area contributed by atoms with Crippen LogP contribution in [0.2, 0.25) is 0 Å². The second-order valence-corrected chi connectivity index (χ2v) is 10.1. The Bertz CT molecular complexity index is 1310. The normalized spacial score (nSPS) is 15.4. The summed E-state index contributed by atoms with van der Waals surface area (Å²) < 4.78 is 1.76. The van der Waals surface area contributed by atoms with Crippen molar-refractivity contribution in [3.05, 3.63) is 64.8 Å². The zero-order chi connectivity index (χ0) is 25.9. The molecule has 2 amide bonds. The second-order valence-electron chi connectivity index (χ2n) is 10.1. The van der Waals surface area contributed by atoms with Gasteiger partial charge in [-0.3, -0.25) is 14.3 Å². The molecule has 2 aliphatic heterocycles. The van der Waals surface area contributed by atoms with Gasteiger partial charge in [0.2, 0.25) is 5.91 Å². The van der Waals surface area contributed by atoms with Crippen LogP contribution in [0.5, 0.6) is 0 Å². The summed E-state index contributed by atoms with van der Waals surface area (Å²) in [6, 6.07) is 11.3. The van der Waals surface area contributed by atoms with Crippen molar-refractivity contribution in [2.75, 3.05) is 29.0 Å². The molecule has 9 nitrogen and oxygen atoms in total. The number of nitrogens with zero attached hydrogens (tertiary/aromatic N) is 3. The molecule has 3 heterocycles. The van der Waals surface area contributed by atoms with Crippen LogP contribution in [0.25, 0.3) is 0 Å². The Labute approximate surface area is 217 Å². The largest absolute Gasteiger partial charge is 0.399 e. The van der Waals surface area contributed by atoms with Crippen molar-refractivity contribution in [2.45, 2.75) is 45.7 Å². The van der Waals surface area contributed by atoms with Gasteiger partial charge in [-0.05, 0) is 80.6 Å². The fraction of sp³-hybridized carbons (Fsp3) is 0.393. The van der Waals surface area contributed by atoms with Gasteiger partial charge in [0.1, 0.15) is 5.82 Å². The van der Waals surface area contributed by atoms with Crippen LogP contribution in [-0.4, -0.2) is 34.7 Å². The van der Waals surface area contributed by atoms with Gasteiger partial charge >= 0.3 is 0 Å². The van der Waals surface area contributed by atoms with Crippen LogP contribution in [0, 0.1) is 12.8 Å². The number of aromatic nitrogens is 2. The van der Waals surface area contributed by atoms with Crippen LogP contribution in [0.4, 0.5) is 22.9 Å². The summed E-state index contributed by atoms with van der Waals surface area (Å²) in [5.74, 6) is 1.46. The van der Waals surface area contributed by atoms with Crippen molar-refractivity contribution in [3.63, 3.8) is 0 Å². The third-order valence-electron chi connectivity index (χ3n) is 7.40. The number of nitrogen functional groups attached to an aromatic ring is 1. The predicted octanol–water partition coefficient (Wildman–Crippen LogP) is 3.61. The zero-order valence-corrected chi connectivity index (χ0v) is 21.5. The summed E-state index contributed by atoms with van der Waals surface area (Å²) in [5.41, 5.74) is 11.6. The predicted molar refractivity (Wildman–Crippen MR) is 146 cm³/mol. The van der Waals surface area contributed by atoms with Gasteiger partial charge in [0.25, 0.3) is 5.91 Å². The van der Waals surface area contributed by atoms with Gasteiger partial charge in [-0.25, -0.2) is 0 Å². The summed E-state index contributed by atoms with van der Waals surface area (Å²) in [6.45, 7) is 4.88. The molecule has 0 aliphatic carbocycles. The number of carbonyl (C=O) groups is 2. The molecule has 2 aromatic carbocycles. The van der Waals surface area contributed by atoms with E-state index < -0.39 is 0 Å². The van der Waals surface area contributed by atoms with E-state index in [1.807, 2.05) is 44.3 Å². The highest BCUT2D eigenvalue weighted by atomic mass is 16.2. The van der Waals surface area contributed by atoms with Crippen LogP contribution < -0.4 is 26.6 Å². The van der Waals surface area contributed by atoms with Crippen molar-refractivity contribution < 1.29 is 9.59 Å². The number of fused-ring (bicyclic) bond motifs is 2. The van der Waals surface area contributed by atoms with Crippen LogP contribution >= 0.6 is 0 Å². The lowest BCUT2D eigenvalue weighted by Gasteiger charge is -2.24. The third-order valence-corrected chi connectivity index (χ3v) is 7.40. The summed E-state index contributed by atoms with van der Waals surface area (Å²) in [7, 11) is 1.87. The highest BCUT2D eigenvalue weighted by Crippen LogP contribution is 2.37. The quantitative estimate of drug-likeness (QED) is 0.384. The Morgan fingerprint density at radius 3 is 2.76 bits per heavy atom. The minimum absolute atomic E-state index is 0.0801. The van der Waals surface area contributed by atoms with Gasteiger partial charge in [0, 0.05) is 36.8 Å². The lowest BCUT2D eigenvalue weighted by Crippen LogP contribution is -2.30. The standard InChI is InChI=1S/C28H35N7O2/c1-18-13-20(15-31-26(36)8-4-19-9-11-30-12-10-19)3-6-23(18)28(37)35-17-21-16-32-34(2)27(21)33-24-14-22(29)5-7-25(24)35/h3,5-7,13-14,16,19,30,33H,4,8-12,15,17,29H2,1-2H3,(H,31,36). The van der Waals surface area contributed by atoms with Gasteiger partial charge in [-0.1, -0.05) is 12.1 Å². The van der Waals surface area contributed by atoms with E-state index in [1.165, 1.54) is 0 Å². The van der Waals surface area contributed by atoms with Gasteiger partial charge < -0.3 is 26.6 Å². The lowest BCUT2D eigenvalue weighted by atomic mass is 9.93. The fourth-order valence-corrected chi connectivity index (χ4v) is 5.23. The van der Waals surface area contributed by atoms with E-state index in [0.717, 1.165) is 66.2 Å². The smallest absolute Gasteiger partial charge is 0.258 e. The van der Waals surface area contributed by atoms with E-state index >= 15 is 0 Å². The number of nitrogens with two attached hydrogens (primary N) is 1. The average molecular weight is 502 g/mol. The summed E-state index contributed by atoms with van der Waals surface area (Å²) in [5, 5.41) is 14.1. The van der Waals surface area contributed by atoms with E-state index in [0.29, 0.717) is 36.7 Å². The molecule has 9 heteroatoms. The Balaban J connectivity index is 1.28. The number of rotatable bonds is 6. The maximum absolute atomic E-state index is 13.8. The number of amides is 2. The first-order valence-corrected chi connectivity index (χ1v) is 13.0. The van der Waals surface area contributed by atoms with E-state index in [-0.39, 0.29) is 11.8 Å². The highest BCUT2D eigenvalue weighted by Gasteiger charge is 2.27. The molecule has 5 N–H and O–H groups in total. The molecule has 1 aromatic heterocycles. The summed E-state index contributed by atoms with van der Waals surface area (Å²) in [4.78, 5) is 28.0. The molecule has 0 atom stereocenters. The van der Waals surface area contributed by atoms with Crippen molar-refractivity contribution in [1.29, 1.82) is 0 Å². The fourth-order valence-electron chi connectivity index (χ4n) is 5.23. The van der Waals surface area contributed by atoms with Crippen molar-refractivity contribution >= 4 is 34.7 Å². The van der Waals surface area contributed by atoms with Gasteiger partial charge in [0.05, 0.1) is 24.1 Å². The molecule has 0 unspecified atom stereocenters. The molecule has 37 heavy (non-hydrogen) atoms. The summed E-state index contributed by atoms with van der Waals surface area (Å²) >= 11 is 0. The van der Waals surface area contributed by atoms with E-state index in [9.17, 15) is 9.59 Å². The van der Waals surface area contributed by atoms with Gasteiger partial charge in [0.15, 0.2) is 0 Å². The number of carbonyl (C=O) groups excluding carboxylic acids is 2. The topological polar surface area (TPSA) is 117 Å². The Hall–Kier alpha value is -3.85. The van der Waals surface area contributed by atoms with Crippen molar-refractivity contribution in [2.24, 2.45) is 13.0 Å². The maximum atomic E-state index is 13.8. The van der Waals surface area contributed by atoms with E-state index in [2.05, 4.69) is 21.0 Å². The van der Waals surface area contributed by atoms with Gasteiger partial charge in [-0.15, -0.1) is 0 Å². The number of hydrogen-bond acceptors (Lipinski definition) is 6. The number of benzene rings is 2. The molecule has 5 rings (SSSR count). The molecule has 0 bridgehead atoms. The molecule has 1 saturated heterocycles. The SMILES string of the molecule is Cc1cc(CNC(=O)CCC2CCNCC2)ccc1C(=O)N1Cc2cnn(C)c2Nc2cc(N)ccc21. The molecule has 1 fully saturated rings. The molecule has 194 valence electrons. The Morgan fingerprint density at radius 2 is 1.97 bits per heavy atom. The second kappa shape index (κ2) is 10.6.